The minimum absolute atomic E-state index is 0.496. The van der Waals surface area contributed by atoms with Gasteiger partial charge in [-0.15, -0.1) is 0 Å². The molecule has 0 radical (unpaired) electrons. The van der Waals surface area contributed by atoms with Gasteiger partial charge in [0.1, 0.15) is 17.3 Å². The minimum atomic E-state index is 0.496. The predicted octanol–water partition coefficient (Wildman–Crippen LogP) is 3.12. The van der Waals surface area contributed by atoms with E-state index in [1.807, 2.05) is 0 Å². The molecule has 1 saturated carbocycles. The van der Waals surface area contributed by atoms with Crippen LogP contribution in [-0.2, 0) is 0 Å². The highest BCUT2D eigenvalue weighted by Gasteiger charge is 2.21. The van der Waals surface area contributed by atoms with Crippen LogP contribution < -0.4 is 5.32 Å². The Kier molecular flexibility index (Phi) is 3.41. The Bertz CT molecular complexity index is 329. The van der Waals surface area contributed by atoms with E-state index in [0.29, 0.717) is 17.1 Å². The third-order valence-corrected chi connectivity index (χ3v) is 3.29. The first-order valence-corrected chi connectivity index (χ1v) is 5.87. The molecule has 1 aromatic heterocycles. The van der Waals surface area contributed by atoms with Crippen molar-refractivity contribution in [3.63, 3.8) is 0 Å². The molecule has 82 valence electrons. The van der Waals surface area contributed by atoms with Crippen LogP contribution in [0.4, 0.5) is 5.82 Å². The van der Waals surface area contributed by atoms with Crippen LogP contribution in [0, 0.1) is 5.92 Å². The molecule has 1 heterocycles. The van der Waals surface area contributed by atoms with Gasteiger partial charge in [0.15, 0.2) is 0 Å². The fourth-order valence-electron chi connectivity index (χ4n) is 2.13. The normalized spacial score (nSPS) is 26.3. The molecule has 1 aliphatic rings. The van der Waals surface area contributed by atoms with E-state index in [4.69, 9.17) is 11.6 Å². The molecule has 1 aromatic rings. The maximum atomic E-state index is 5.81. The average molecular weight is 226 g/mol. The second-order valence-corrected chi connectivity index (χ2v) is 4.63. The number of hydrogen-bond acceptors (Lipinski definition) is 3. The summed E-state index contributed by atoms with van der Waals surface area (Å²) in [5, 5.41) is 3.93. The molecule has 0 aromatic carbocycles. The smallest absolute Gasteiger partial charge is 0.134 e. The third kappa shape index (κ3) is 2.81. The molecule has 4 heteroatoms. The van der Waals surface area contributed by atoms with Gasteiger partial charge in [-0.25, -0.2) is 9.97 Å². The summed E-state index contributed by atoms with van der Waals surface area (Å²) < 4.78 is 0. The number of rotatable bonds is 2. The van der Waals surface area contributed by atoms with Crippen molar-refractivity contribution in [1.29, 1.82) is 0 Å². The van der Waals surface area contributed by atoms with Crippen molar-refractivity contribution >= 4 is 17.4 Å². The van der Waals surface area contributed by atoms with Gasteiger partial charge in [0.25, 0.3) is 0 Å². The summed E-state index contributed by atoms with van der Waals surface area (Å²) in [5.74, 6) is 1.56. The minimum Gasteiger partial charge on any atom is -0.367 e. The number of hydrogen-bond donors (Lipinski definition) is 1. The Morgan fingerprint density at radius 1 is 1.33 bits per heavy atom. The summed E-state index contributed by atoms with van der Waals surface area (Å²) in [6.07, 6.45) is 6.68. The number of nitrogens with one attached hydrogen (secondary N) is 1. The molecular formula is C11H16ClN3. The van der Waals surface area contributed by atoms with E-state index in [-0.39, 0.29) is 0 Å². The topological polar surface area (TPSA) is 37.8 Å². The van der Waals surface area contributed by atoms with Crippen LogP contribution in [0.5, 0.6) is 0 Å². The SMILES string of the molecule is CC1CCCCC1Nc1cc(Cl)ncn1. The van der Waals surface area contributed by atoms with Crippen molar-refractivity contribution in [3.8, 4) is 0 Å². The Morgan fingerprint density at radius 3 is 2.87 bits per heavy atom. The Balaban J connectivity index is 2.01. The zero-order valence-electron chi connectivity index (χ0n) is 8.91. The van der Waals surface area contributed by atoms with Crippen LogP contribution in [0.15, 0.2) is 12.4 Å². The van der Waals surface area contributed by atoms with Gasteiger partial charge in [-0.1, -0.05) is 31.4 Å². The van der Waals surface area contributed by atoms with Crippen LogP contribution >= 0.6 is 11.6 Å². The fraction of sp³-hybridized carbons (Fsp3) is 0.636. The Hall–Kier alpha value is -0.830. The lowest BCUT2D eigenvalue weighted by Crippen LogP contribution is -2.30. The van der Waals surface area contributed by atoms with E-state index in [1.165, 1.54) is 32.0 Å². The van der Waals surface area contributed by atoms with Gasteiger partial charge in [-0.2, -0.15) is 0 Å². The van der Waals surface area contributed by atoms with Gasteiger partial charge in [0.2, 0.25) is 0 Å². The maximum absolute atomic E-state index is 5.81. The lowest BCUT2D eigenvalue weighted by Gasteiger charge is -2.29. The van der Waals surface area contributed by atoms with Gasteiger partial charge in [0.05, 0.1) is 0 Å². The molecule has 2 atom stereocenters. The summed E-state index contributed by atoms with van der Waals surface area (Å²) in [7, 11) is 0. The third-order valence-electron chi connectivity index (χ3n) is 3.08. The summed E-state index contributed by atoms with van der Waals surface area (Å²) >= 11 is 5.81. The monoisotopic (exact) mass is 225 g/mol. The van der Waals surface area contributed by atoms with Crippen LogP contribution in [0.1, 0.15) is 32.6 Å². The molecule has 0 aliphatic heterocycles. The van der Waals surface area contributed by atoms with Crippen molar-refractivity contribution in [2.75, 3.05) is 5.32 Å². The van der Waals surface area contributed by atoms with Crippen molar-refractivity contribution in [3.05, 3.63) is 17.5 Å². The van der Waals surface area contributed by atoms with E-state index in [0.717, 1.165) is 5.82 Å². The van der Waals surface area contributed by atoms with Gasteiger partial charge >= 0.3 is 0 Å². The van der Waals surface area contributed by atoms with E-state index in [9.17, 15) is 0 Å². The first-order chi connectivity index (χ1) is 7.25. The molecule has 3 nitrogen and oxygen atoms in total. The zero-order chi connectivity index (χ0) is 10.7. The van der Waals surface area contributed by atoms with E-state index in [1.54, 1.807) is 6.07 Å². The van der Waals surface area contributed by atoms with Crippen LogP contribution in [0.3, 0.4) is 0 Å². The van der Waals surface area contributed by atoms with E-state index in [2.05, 4.69) is 22.2 Å². The van der Waals surface area contributed by atoms with Crippen LogP contribution in [-0.4, -0.2) is 16.0 Å². The lowest BCUT2D eigenvalue weighted by atomic mass is 9.86. The molecule has 1 N–H and O–H groups in total. The second-order valence-electron chi connectivity index (χ2n) is 4.24. The number of anilines is 1. The van der Waals surface area contributed by atoms with Gasteiger partial charge in [-0.05, 0) is 18.8 Å². The first kappa shape index (κ1) is 10.7. The number of aromatic nitrogens is 2. The maximum Gasteiger partial charge on any atom is 0.134 e. The summed E-state index contributed by atoms with van der Waals surface area (Å²) in [6, 6.07) is 2.31. The summed E-state index contributed by atoms with van der Waals surface area (Å²) in [6.45, 7) is 2.29. The molecule has 2 unspecified atom stereocenters. The van der Waals surface area contributed by atoms with Crippen LogP contribution in [0.2, 0.25) is 5.15 Å². The molecule has 1 aliphatic carbocycles. The van der Waals surface area contributed by atoms with Crippen LogP contribution in [0.25, 0.3) is 0 Å². The summed E-state index contributed by atoms with van der Waals surface area (Å²) in [5.41, 5.74) is 0. The molecule has 1 fully saturated rings. The lowest BCUT2D eigenvalue weighted by molar-refractivity contribution is 0.349. The molecule has 0 saturated heterocycles. The molecule has 0 bridgehead atoms. The quantitative estimate of drug-likeness (QED) is 0.786. The number of nitrogens with zero attached hydrogens (tertiary/aromatic N) is 2. The van der Waals surface area contributed by atoms with Crippen molar-refractivity contribution in [1.82, 2.24) is 9.97 Å². The largest absolute Gasteiger partial charge is 0.367 e. The molecule has 0 spiro atoms. The Labute approximate surface area is 95.3 Å². The standard InChI is InChI=1S/C11H16ClN3/c1-8-4-2-3-5-9(8)15-11-6-10(12)13-7-14-11/h6-9H,2-5H2,1H3,(H,13,14,15). The van der Waals surface area contributed by atoms with Crippen molar-refractivity contribution in [2.45, 2.75) is 38.6 Å². The van der Waals surface area contributed by atoms with E-state index < -0.39 is 0 Å². The second kappa shape index (κ2) is 4.79. The van der Waals surface area contributed by atoms with Gasteiger partial charge in [-0.3, -0.25) is 0 Å². The molecule has 0 amide bonds. The Morgan fingerprint density at radius 2 is 2.13 bits per heavy atom. The van der Waals surface area contributed by atoms with Crippen molar-refractivity contribution in [2.24, 2.45) is 5.92 Å². The van der Waals surface area contributed by atoms with Gasteiger partial charge < -0.3 is 5.32 Å². The molecule has 2 rings (SSSR count). The predicted molar refractivity (Wildman–Crippen MR) is 62.1 cm³/mol. The van der Waals surface area contributed by atoms with Gasteiger partial charge in [0, 0.05) is 12.1 Å². The molecular weight excluding hydrogens is 210 g/mol. The summed E-state index contributed by atoms with van der Waals surface area (Å²) in [4.78, 5) is 8.03. The first-order valence-electron chi connectivity index (χ1n) is 5.50. The fourth-order valence-corrected chi connectivity index (χ4v) is 2.28. The zero-order valence-corrected chi connectivity index (χ0v) is 9.67. The van der Waals surface area contributed by atoms with Crippen molar-refractivity contribution < 1.29 is 0 Å². The highest BCUT2D eigenvalue weighted by atomic mass is 35.5. The molecule has 15 heavy (non-hydrogen) atoms. The number of halogens is 1. The highest BCUT2D eigenvalue weighted by Crippen LogP contribution is 2.26. The average Bonchev–Trinajstić information content (AvgIpc) is 2.22. The highest BCUT2D eigenvalue weighted by molar-refractivity contribution is 6.29. The van der Waals surface area contributed by atoms with E-state index >= 15 is 0 Å².